The fourth-order valence-corrected chi connectivity index (χ4v) is 3.29. The molecule has 0 radical (unpaired) electrons. The van der Waals surface area contributed by atoms with E-state index in [1.165, 1.54) is 11.1 Å². The summed E-state index contributed by atoms with van der Waals surface area (Å²) in [6.07, 6.45) is 5.49. The Morgan fingerprint density at radius 2 is 1.77 bits per heavy atom. The Labute approximate surface area is 132 Å². The van der Waals surface area contributed by atoms with Crippen molar-refractivity contribution in [2.45, 2.75) is 6.92 Å². The van der Waals surface area contributed by atoms with Gasteiger partial charge in [-0.25, -0.2) is 9.97 Å². The van der Waals surface area contributed by atoms with E-state index in [2.05, 4.69) is 52.2 Å². The average molecular weight is 303 g/mol. The van der Waals surface area contributed by atoms with Crippen LogP contribution in [0.2, 0.25) is 0 Å². The number of pyridine rings is 2. The van der Waals surface area contributed by atoms with Crippen LogP contribution in [-0.4, -0.2) is 15.0 Å². The van der Waals surface area contributed by atoms with Crippen molar-refractivity contribution in [3.63, 3.8) is 0 Å². The van der Waals surface area contributed by atoms with Crippen molar-refractivity contribution in [2.24, 2.45) is 0 Å². The monoisotopic (exact) mass is 303 g/mol. The number of benzene rings is 1. The maximum atomic E-state index is 4.60. The molecule has 0 N–H and O–H groups in total. The minimum Gasteiger partial charge on any atom is -0.264 e. The van der Waals surface area contributed by atoms with Crippen LogP contribution in [0.3, 0.4) is 0 Å². The zero-order valence-electron chi connectivity index (χ0n) is 12.0. The maximum absolute atomic E-state index is 4.60. The van der Waals surface area contributed by atoms with Crippen LogP contribution in [-0.2, 0) is 0 Å². The first kappa shape index (κ1) is 13.1. The molecule has 3 heterocycles. The first-order valence-corrected chi connectivity index (χ1v) is 7.85. The molecule has 1 aromatic carbocycles. The summed E-state index contributed by atoms with van der Waals surface area (Å²) in [5.74, 6) is 0. The lowest BCUT2D eigenvalue weighted by atomic mass is 10.1. The average Bonchev–Trinajstić information content (AvgIpc) is 2.99. The molecule has 0 fully saturated rings. The van der Waals surface area contributed by atoms with E-state index in [9.17, 15) is 0 Å². The molecule has 3 nitrogen and oxygen atoms in total. The summed E-state index contributed by atoms with van der Waals surface area (Å²) in [5, 5.41) is 0.955. The Morgan fingerprint density at radius 3 is 2.55 bits per heavy atom. The largest absolute Gasteiger partial charge is 0.264 e. The zero-order valence-corrected chi connectivity index (χ0v) is 12.8. The Hall–Kier alpha value is -2.59. The molecule has 0 amide bonds. The number of rotatable bonds is 2. The predicted octanol–water partition coefficient (Wildman–Crippen LogP) is 4.73. The van der Waals surface area contributed by atoms with Crippen LogP contribution < -0.4 is 0 Å². The van der Waals surface area contributed by atoms with Crippen LogP contribution in [0.4, 0.5) is 0 Å². The maximum Gasteiger partial charge on any atom is 0.170 e. The van der Waals surface area contributed by atoms with Crippen molar-refractivity contribution in [3.05, 3.63) is 66.6 Å². The molecule has 0 bridgehead atoms. The van der Waals surface area contributed by atoms with Crippen LogP contribution >= 0.6 is 11.3 Å². The number of nitrogens with zero attached hydrogens (tertiary/aromatic N) is 3. The molecule has 4 rings (SSSR count). The third-order valence-electron chi connectivity index (χ3n) is 3.54. The van der Waals surface area contributed by atoms with Gasteiger partial charge in [0, 0.05) is 29.7 Å². The van der Waals surface area contributed by atoms with E-state index in [4.69, 9.17) is 0 Å². The molecule has 0 spiro atoms. The van der Waals surface area contributed by atoms with E-state index in [1.807, 2.05) is 24.5 Å². The lowest BCUT2D eigenvalue weighted by Gasteiger charge is -2.01. The molecule has 0 aliphatic heterocycles. The van der Waals surface area contributed by atoms with E-state index in [0.717, 1.165) is 26.5 Å². The summed E-state index contributed by atoms with van der Waals surface area (Å²) < 4.78 is 1.09. The van der Waals surface area contributed by atoms with Crippen LogP contribution in [0.5, 0.6) is 0 Å². The first-order valence-electron chi connectivity index (χ1n) is 7.04. The highest BCUT2D eigenvalue weighted by Crippen LogP contribution is 2.31. The number of hydrogen-bond acceptors (Lipinski definition) is 4. The lowest BCUT2D eigenvalue weighted by molar-refractivity contribution is 1.30. The zero-order chi connectivity index (χ0) is 14.9. The van der Waals surface area contributed by atoms with Gasteiger partial charge in [-0.1, -0.05) is 29.8 Å². The smallest absolute Gasteiger partial charge is 0.170 e. The van der Waals surface area contributed by atoms with Crippen molar-refractivity contribution < 1.29 is 0 Å². The van der Waals surface area contributed by atoms with E-state index < -0.39 is 0 Å². The van der Waals surface area contributed by atoms with Crippen molar-refractivity contribution in [3.8, 4) is 21.7 Å². The molecule has 4 heteroatoms. The summed E-state index contributed by atoms with van der Waals surface area (Å²) in [6.45, 7) is 2.09. The second kappa shape index (κ2) is 5.31. The van der Waals surface area contributed by atoms with Crippen molar-refractivity contribution in [1.82, 2.24) is 15.0 Å². The Bertz CT molecular complexity index is 928. The molecule has 0 unspecified atom stereocenters. The molecular formula is C18H13N3S. The SMILES string of the molecule is Cc1ccc(-c2cnc3nc(-c4cccnc4)sc3c2)cc1. The minimum absolute atomic E-state index is 0.791. The molecule has 4 aromatic rings. The highest BCUT2D eigenvalue weighted by Gasteiger charge is 2.08. The van der Waals surface area contributed by atoms with Gasteiger partial charge in [-0.2, -0.15) is 0 Å². The molecule has 106 valence electrons. The lowest BCUT2D eigenvalue weighted by Crippen LogP contribution is -1.82. The third kappa shape index (κ3) is 2.38. The highest BCUT2D eigenvalue weighted by molar-refractivity contribution is 7.21. The summed E-state index contributed by atoms with van der Waals surface area (Å²) in [5.41, 5.74) is 5.38. The summed E-state index contributed by atoms with van der Waals surface area (Å²) in [6, 6.07) is 14.6. The second-order valence-corrected chi connectivity index (χ2v) is 6.20. The molecule has 0 aliphatic carbocycles. The van der Waals surface area contributed by atoms with Gasteiger partial charge in [0.2, 0.25) is 0 Å². The quantitative estimate of drug-likeness (QED) is 0.537. The fourth-order valence-electron chi connectivity index (χ4n) is 2.34. The molecule has 22 heavy (non-hydrogen) atoms. The van der Waals surface area contributed by atoms with Crippen LogP contribution in [0.1, 0.15) is 5.56 Å². The van der Waals surface area contributed by atoms with E-state index in [1.54, 1.807) is 17.5 Å². The van der Waals surface area contributed by atoms with Crippen molar-refractivity contribution >= 4 is 21.7 Å². The molecule has 0 saturated heterocycles. The van der Waals surface area contributed by atoms with Gasteiger partial charge in [0.25, 0.3) is 0 Å². The standard InChI is InChI=1S/C18H13N3S/c1-12-4-6-13(7-5-12)15-9-16-17(20-11-15)21-18(22-16)14-3-2-8-19-10-14/h2-11H,1H3. The number of aryl methyl sites for hydroxylation is 1. The Kier molecular flexibility index (Phi) is 3.16. The summed E-state index contributed by atoms with van der Waals surface area (Å²) in [4.78, 5) is 13.3. The van der Waals surface area contributed by atoms with Gasteiger partial charge in [-0.15, -0.1) is 11.3 Å². The van der Waals surface area contributed by atoms with E-state index >= 15 is 0 Å². The summed E-state index contributed by atoms with van der Waals surface area (Å²) in [7, 11) is 0. The normalized spacial score (nSPS) is 11.0. The molecule has 3 aromatic heterocycles. The molecule has 0 aliphatic rings. The second-order valence-electron chi connectivity index (χ2n) is 5.17. The van der Waals surface area contributed by atoms with Crippen molar-refractivity contribution in [1.29, 1.82) is 0 Å². The number of aromatic nitrogens is 3. The van der Waals surface area contributed by atoms with Gasteiger partial charge in [-0.3, -0.25) is 4.98 Å². The van der Waals surface area contributed by atoms with Crippen LogP contribution in [0.15, 0.2) is 61.1 Å². The Balaban J connectivity index is 1.80. The number of hydrogen-bond donors (Lipinski definition) is 0. The fraction of sp³-hybridized carbons (Fsp3) is 0.0556. The summed E-state index contributed by atoms with van der Waals surface area (Å²) >= 11 is 1.65. The first-order chi connectivity index (χ1) is 10.8. The van der Waals surface area contributed by atoms with E-state index in [0.29, 0.717) is 0 Å². The third-order valence-corrected chi connectivity index (χ3v) is 4.58. The van der Waals surface area contributed by atoms with Gasteiger partial charge in [0.15, 0.2) is 5.65 Å². The van der Waals surface area contributed by atoms with Gasteiger partial charge in [-0.05, 0) is 30.7 Å². The van der Waals surface area contributed by atoms with Gasteiger partial charge in [0.1, 0.15) is 5.01 Å². The number of fused-ring (bicyclic) bond motifs is 1. The molecular weight excluding hydrogens is 290 g/mol. The van der Waals surface area contributed by atoms with E-state index in [-0.39, 0.29) is 0 Å². The molecule has 0 atom stereocenters. The number of thiazole rings is 1. The van der Waals surface area contributed by atoms with Gasteiger partial charge < -0.3 is 0 Å². The van der Waals surface area contributed by atoms with Crippen molar-refractivity contribution in [2.75, 3.05) is 0 Å². The Morgan fingerprint density at radius 1 is 0.909 bits per heavy atom. The topological polar surface area (TPSA) is 38.7 Å². The van der Waals surface area contributed by atoms with Gasteiger partial charge >= 0.3 is 0 Å². The van der Waals surface area contributed by atoms with Crippen LogP contribution in [0, 0.1) is 6.92 Å². The predicted molar refractivity (Wildman–Crippen MR) is 90.8 cm³/mol. The van der Waals surface area contributed by atoms with Crippen LogP contribution in [0.25, 0.3) is 32.0 Å². The molecule has 0 saturated carbocycles. The highest BCUT2D eigenvalue weighted by atomic mass is 32.1. The minimum atomic E-state index is 0.791. The van der Waals surface area contributed by atoms with Gasteiger partial charge in [0.05, 0.1) is 4.70 Å².